The maximum absolute atomic E-state index is 12.3. The molecule has 2 aromatic heterocycles. The second kappa shape index (κ2) is 7.74. The van der Waals surface area contributed by atoms with Gasteiger partial charge in [-0.15, -0.1) is 0 Å². The largest absolute Gasteiger partial charge is 0.471 e. The zero-order valence-electron chi connectivity index (χ0n) is 14.9. The minimum atomic E-state index is -0.293. The van der Waals surface area contributed by atoms with E-state index in [0.29, 0.717) is 22.4 Å². The van der Waals surface area contributed by atoms with Crippen LogP contribution in [-0.4, -0.2) is 25.5 Å². The van der Waals surface area contributed by atoms with Crippen molar-refractivity contribution < 1.29 is 9.53 Å². The maximum atomic E-state index is 12.3. The smallest absolute Gasteiger partial charge is 0.277 e. The Morgan fingerprint density at radius 2 is 2.08 bits per heavy atom. The van der Waals surface area contributed by atoms with Gasteiger partial charge in [-0.05, 0) is 48.3 Å². The first kappa shape index (κ1) is 18.2. The first-order valence-corrected chi connectivity index (χ1v) is 9.02. The number of ether oxygens (including phenoxy) is 1. The van der Waals surface area contributed by atoms with Crippen molar-refractivity contribution in [2.24, 2.45) is 0 Å². The summed E-state index contributed by atoms with van der Waals surface area (Å²) in [6, 6.07) is 6.01. The number of halogens is 1. The van der Waals surface area contributed by atoms with Crippen molar-refractivity contribution in [1.29, 1.82) is 0 Å². The fourth-order valence-electron chi connectivity index (χ4n) is 2.50. The Labute approximate surface area is 160 Å². The molecule has 3 rings (SSSR count). The van der Waals surface area contributed by atoms with E-state index >= 15 is 0 Å². The summed E-state index contributed by atoms with van der Waals surface area (Å²) in [5, 5.41) is 11.2. The fourth-order valence-corrected chi connectivity index (χ4v) is 2.99. The van der Waals surface area contributed by atoms with E-state index in [2.05, 4.69) is 37.5 Å². The molecule has 0 radical (unpaired) electrons. The highest BCUT2D eigenvalue weighted by Gasteiger charge is 2.15. The van der Waals surface area contributed by atoms with Gasteiger partial charge in [-0.2, -0.15) is 10.2 Å². The zero-order valence-corrected chi connectivity index (χ0v) is 16.4. The first-order chi connectivity index (χ1) is 12.5. The number of rotatable bonds is 6. The number of nitrogens with one attached hydrogen (secondary N) is 1. The molecule has 0 atom stereocenters. The Morgan fingerprint density at radius 3 is 2.77 bits per heavy atom. The molecule has 0 aliphatic rings. The minimum Gasteiger partial charge on any atom is -0.471 e. The molecule has 0 aliphatic carbocycles. The molecule has 0 saturated heterocycles. The van der Waals surface area contributed by atoms with Crippen LogP contribution >= 0.6 is 15.9 Å². The molecule has 1 N–H and O–H groups in total. The number of amides is 1. The molecule has 0 spiro atoms. The van der Waals surface area contributed by atoms with Gasteiger partial charge in [-0.3, -0.25) is 9.48 Å². The third-order valence-electron chi connectivity index (χ3n) is 3.83. The number of carbonyl (C=O) groups is 1. The summed E-state index contributed by atoms with van der Waals surface area (Å²) in [4.78, 5) is 12.3. The molecule has 1 aromatic carbocycles. The summed E-state index contributed by atoms with van der Waals surface area (Å²) < 4.78 is 9.75. The van der Waals surface area contributed by atoms with Gasteiger partial charge in [0.2, 0.25) is 0 Å². The highest BCUT2D eigenvalue weighted by Crippen LogP contribution is 2.20. The minimum absolute atomic E-state index is 0.258. The Morgan fingerprint density at radius 1 is 1.27 bits per heavy atom. The number of aromatic nitrogens is 4. The monoisotopic (exact) mass is 417 g/mol. The quantitative estimate of drug-likeness (QED) is 0.662. The van der Waals surface area contributed by atoms with E-state index in [0.717, 1.165) is 11.3 Å². The van der Waals surface area contributed by atoms with Gasteiger partial charge in [-0.25, -0.2) is 4.68 Å². The second-order valence-corrected chi connectivity index (χ2v) is 6.80. The lowest BCUT2D eigenvalue weighted by molar-refractivity contribution is 0.102. The molecule has 3 aromatic rings. The van der Waals surface area contributed by atoms with E-state index in [1.54, 1.807) is 28.0 Å². The Balaban J connectivity index is 1.62. The summed E-state index contributed by atoms with van der Waals surface area (Å²) in [5.41, 5.74) is 3.18. The van der Waals surface area contributed by atoms with Crippen molar-refractivity contribution in [3.05, 3.63) is 58.1 Å². The number of anilines is 1. The maximum Gasteiger partial charge on any atom is 0.277 e. The van der Waals surface area contributed by atoms with Crippen molar-refractivity contribution in [3.63, 3.8) is 0 Å². The number of carbonyl (C=O) groups excluding carboxylic acids is 1. The van der Waals surface area contributed by atoms with Gasteiger partial charge in [0.05, 0.1) is 22.6 Å². The predicted octanol–water partition coefficient (Wildman–Crippen LogP) is 3.77. The summed E-state index contributed by atoms with van der Waals surface area (Å²) in [6.45, 7) is 6.96. The van der Waals surface area contributed by atoms with Crippen LogP contribution in [0.5, 0.6) is 5.75 Å². The van der Waals surface area contributed by atoms with Crippen molar-refractivity contribution >= 4 is 27.5 Å². The summed E-state index contributed by atoms with van der Waals surface area (Å²) >= 11 is 3.35. The third kappa shape index (κ3) is 4.13. The molecule has 26 heavy (non-hydrogen) atoms. The van der Waals surface area contributed by atoms with Crippen molar-refractivity contribution in [3.8, 4) is 5.75 Å². The van der Waals surface area contributed by atoms with Crippen molar-refractivity contribution in [2.75, 3.05) is 5.32 Å². The SMILES string of the molecule is CCn1cc(Br)c(C(=O)Nc2cnn(COc3ccc(C)cc3C)c2)n1. The van der Waals surface area contributed by atoms with Crippen LogP contribution in [0.4, 0.5) is 5.69 Å². The van der Waals surface area contributed by atoms with E-state index in [9.17, 15) is 4.79 Å². The molecule has 1 amide bonds. The molecule has 8 heteroatoms. The van der Waals surface area contributed by atoms with Crippen LogP contribution in [0.25, 0.3) is 0 Å². The zero-order chi connectivity index (χ0) is 18.7. The third-order valence-corrected chi connectivity index (χ3v) is 4.41. The summed E-state index contributed by atoms with van der Waals surface area (Å²) in [5.74, 6) is 0.518. The number of aryl methyl sites for hydroxylation is 3. The molecule has 0 bridgehead atoms. The number of benzene rings is 1. The summed E-state index contributed by atoms with van der Waals surface area (Å²) in [7, 11) is 0. The predicted molar refractivity (Wildman–Crippen MR) is 102 cm³/mol. The van der Waals surface area contributed by atoms with Crippen LogP contribution in [0.3, 0.4) is 0 Å². The molecule has 7 nitrogen and oxygen atoms in total. The van der Waals surface area contributed by atoms with Gasteiger partial charge in [0, 0.05) is 12.7 Å². The Kier molecular flexibility index (Phi) is 5.41. The molecule has 0 saturated carbocycles. The normalized spacial score (nSPS) is 10.8. The standard InChI is InChI=1S/C18H20BrN5O2/c1-4-23-10-15(19)17(22-23)18(25)21-14-8-20-24(9-14)11-26-16-6-5-12(2)7-13(16)3/h5-10H,4,11H2,1-3H3,(H,21,25). The number of nitrogens with zero attached hydrogens (tertiary/aromatic N) is 4. The molecule has 0 fully saturated rings. The average Bonchev–Trinajstić information content (AvgIpc) is 3.20. The van der Waals surface area contributed by atoms with E-state index < -0.39 is 0 Å². The van der Waals surface area contributed by atoms with E-state index in [4.69, 9.17) is 4.74 Å². The lowest BCUT2D eigenvalue weighted by Gasteiger charge is -2.09. The van der Waals surface area contributed by atoms with Crippen LogP contribution in [0.15, 0.2) is 41.3 Å². The highest BCUT2D eigenvalue weighted by atomic mass is 79.9. The number of hydrogen-bond donors (Lipinski definition) is 1. The van der Waals surface area contributed by atoms with E-state index in [1.165, 1.54) is 5.56 Å². The van der Waals surface area contributed by atoms with E-state index in [-0.39, 0.29) is 12.6 Å². The Hall–Kier alpha value is -2.61. The van der Waals surface area contributed by atoms with Gasteiger partial charge in [-0.1, -0.05) is 17.7 Å². The highest BCUT2D eigenvalue weighted by molar-refractivity contribution is 9.10. The van der Waals surface area contributed by atoms with Gasteiger partial charge >= 0.3 is 0 Å². The average molecular weight is 418 g/mol. The lowest BCUT2D eigenvalue weighted by Crippen LogP contribution is -2.13. The van der Waals surface area contributed by atoms with Gasteiger partial charge in [0.25, 0.3) is 5.91 Å². The van der Waals surface area contributed by atoms with Crippen LogP contribution < -0.4 is 10.1 Å². The first-order valence-electron chi connectivity index (χ1n) is 8.23. The molecule has 2 heterocycles. The topological polar surface area (TPSA) is 74.0 Å². The van der Waals surface area contributed by atoms with Crippen molar-refractivity contribution in [1.82, 2.24) is 19.6 Å². The molecule has 0 aliphatic heterocycles. The molecular weight excluding hydrogens is 398 g/mol. The van der Waals surface area contributed by atoms with Crippen LogP contribution in [-0.2, 0) is 13.3 Å². The molecule has 0 unspecified atom stereocenters. The van der Waals surface area contributed by atoms with Crippen LogP contribution in [0.2, 0.25) is 0 Å². The van der Waals surface area contributed by atoms with Crippen molar-refractivity contribution in [2.45, 2.75) is 34.0 Å². The van der Waals surface area contributed by atoms with Crippen LogP contribution in [0, 0.1) is 13.8 Å². The molecule has 136 valence electrons. The van der Waals surface area contributed by atoms with Gasteiger partial charge in [0.1, 0.15) is 5.75 Å². The van der Waals surface area contributed by atoms with Gasteiger partial charge in [0.15, 0.2) is 12.4 Å². The second-order valence-electron chi connectivity index (χ2n) is 5.95. The lowest BCUT2D eigenvalue weighted by atomic mass is 10.1. The molecular formula is C18H20BrN5O2. The number of hydrogen-bond acceptors (Lipinski definition) is 4. The van der Waals surface area contributed by atoms with Gasteiger partial charge < -0.3 is 10.1 Å². The Bertz CT molecular complexity index is 932. The van der Waals surface area contributed by atoms with E-state index in [1.807, 2.05) is 32.9 Å². The van der Waals surface area contributed by atoms with Crippen LogP contribution in [0.1, 0.15) is 28.5 Å². The fraction of sp³-hybridized carbons (Fsp3) is 0.278. The summed E-state index contributed by atoms with van der Waals surface area (Å²) in [6.07, 6.45) is 5.07.